The molecule has 0 aromatic heterocycles. The Balaban J connectivity index is 2.31. The monoisotopic (exact) mass is 142 g/mol. The van der Waals surface area contributed by atoms with Crippen LogP contribution < -0.4 is 0 Å². The molecule has 0 saturated carbocycles. The normalized spacial score (nSPS) is 21.9. The first kappa shape index (κ1) is 7.20. The van der Waals surface area contributed by atoms with Gasteiger partial charge in [0.25, 0.3) is 0 Å². The predicted octanol–water partition coefficient (Wildman–Crippen LogP) is 2.71. The lowest BCUT2D eigenvalue weighted by Crippen LogP contribution is -2.09. The molecule has 0 radical (unpaired) electrons. The fourth-order valence-electron chi connectivity index (χ4n) is 1.19. The first-order chi connectivity index (χ1) is 4.30. The number of hydrogen-bond acceptors (Lipinski definition) is 1. The van der Waals surface area contributed by atoms with Gasteiger partial charge in [0.15, 0.2) is 0 Å². The van der Waals surface area contributed by atoms with Gasteiger partial charge in [-0.3, -0.25) is 0 Å². The zero-order chi connectivity index (χ0) is 6.69. The highest BCUT2D eigenvalue weighted by atomic mass is 32.2. The van der Waals surface area contributed by atoms with E-state index < -0.39 is 0 Å². The highest BCUT2D eigenvalue weighted by Crippen LogP contribution is 2.26. The minimum atomic E-state index is 0.839. The summed E-state index contributed by atoms with van der Waals surface area (Å²) in [5, 5.41) is 0. The summed E-state index contributed by atoms with van der Waals surface area (Å²) in [5.41, 5.74) is 1.38. The third kappa shape index (κ3) is 2.05. The number of thioether (sulfide) groups is 1. The van der Waals surface area contributed by atoms with Crippen molar-refractivity contribution in [3.63, 3.8) is 0 Å². The smallest absolute Gasteiger partial charge is 0.00618 e. The van der Waals surface area contributed by atoms with Crippen molar-refractivity contribution in [2.24, 2.45) is 5.92 Å². The van der Waals surface area contributed by atoms with Crippen LogP contribution in [0.4, 0.5) is 0 Å². The first-order valence-electron chi connectivity index (χ1n) is 3.54. The van der Waals surface area contributed by atoms with E-state index in [4.69, 9.17) is 0 Å². The molecule has 1 heterocycles. The molecule has 1 aliphatic rings. The minimum absolute atomic E-state index is 0.839. The maximum atomic E-state index is 3.97. The fourth-order valence-corrected chi connectivity index (χ4v) is 2.30. The van der Waals surface area contributed by atoms with Gasteiger partial charge in [0.05, 0.1) is 0 Å². The van der Waals surface area contributed by atoms with Crippen molar-refractivity contribution in [1.82, 2.24) is 0 Å². The Morgan fingerprint density at radius 2 is 2.00 bits per heavy atom. The molecule has 0 N–H and O–H groups in total. The number of rotatable bonds is 1. The summed E-state index contributed by atoms with van der Waals surface area (Å²) in [6.07, 6.45) is 2.72. The van der Waals surface area contributed by atoms with Crippen LogP contribution >= 0.6 is 11.8 Å². The Hall–Kier alpha value is 0.0900. The van der Waals surface area contributed by atoms with Gasteiger partial charge in [0, 0.05) is 0 Å². The molecule has 0 amide bonds. The van der Waals surface area contributed by atoms with E-state index in [0.29, 0.717) is 0 Å². The molecule has 1 saturated heterocycles. The van der Waals surface area contributed by atoms with Crippen molar-refractivity contribution >= 4 is 11.8 Å². The Labute approximate surface area is 61.7 Å². The number of allylic oxidation sites excluding steroid dienone is 1. The van der Waals surface area contributed by atoms with Gasteiger partial charge in [0.2, 0.25) is 0 Å². The maximum Gasteiger partial charge on any atom is -0.00618 e. The average molecular weight is 142 g/mol. The van der Waals surface area contributed by atoms with E-state index in [2.05, 4.69) is 25.3 Å². The van der Waals surface area contributed by atoms with Crippen LogP contribution in [0.2, 0.25) is 0 Å². The van der Waals surface area contributed by atoms with Gasteiger partial charge in [-0.15, -0.1) is 0 Å². The van der Waals surface area contributed by atoms with Crippen molar-refractivity contribution in [1.29, 1.82) is 0 Å². The van der Waals surface area contributed by atoms with Crippen molar-refractivity contribution in [2.45, 2.75) is 19.8 Å². The molecule has 1 aliphatic heterocycles. The van der Waals surface area contributed by atoms with Gasteiger partial charge in [-0.2, -0.15) is 11.8 Å². The van der Waals surface area contributed by atoms with Crippen LogP contribution in [0.3, 0.4) is 0 Å². The summed E-state index contributed by atoms with van der Waals surface area (Å²) in [5.74, 6) is 3.53. The van der Waals surface area contributed by atoms with Crippen LogP contribution in [0.5, 0.6) is 0 Å². The van der Waals surface area contributed by atoms with Crippen LogP contribution in [-0.4, -0.2) is 11.5 Å². The molecule has 0 aromatic carbocycles. The van der Waals surface area contributed by atoms with Gasteiger partial charge in [-0.25, -0.2) is 0 Å². The average Bonchev–Trinajstić information content (AvgIpc) is 1.90. The second-order valence-corrected chi connectivity index (χ2v) is 3.96. The molecule has 0 bridgehead atoms. The molecular weight excluding hydrogens is 128 g/mol. The predicted molar refractivity (Wildman–Crippen MR) is 44.9 cm³/mol. The summed E-state index contributed by atoms with van der Waals surface area (Å²) in [6.45, 7) is 6.12. The largest absolute Gasteiger partial charge is 0.162 e. The van der Waals surface area contributed by atoms with Crippen LogP contribution in [0.15, 0.2) is 12.2 Å². The van der Waals surface area contributed by atoms with E-state index in [1.165, 1.54) is 29.9 Å². The van der Waals surface area contributed by atoms with E-state index in [1.54, 1.807) is 0 Å². The van der Waals surface area contributed by atoms with E-state index >= 15 is 0 Å². The minimum Gasteiger partial charge on any atom is -0.162 e. The van der Waals surface area contributed by atoms with Crippen molar-refractivity contribution in [3.05, 3.63) is 12.2 Å². The number of hydrogen-bond donors (Lipinski definition) is 0. The lowest BCUT2D eigenvalue weighted by atomic mass is 9.96. The van der Waals surface area contributed by atoms with Crippen molar-refractivity contribution in [3.8, 4) is 0 Å². The summed E-state index contributed by atoms with van der Waals surface area (Å²) in [7, 11) is 0. The van der Waals surface area contributed by atoms with E-state index in [0.717, 1.165) is 5.92 Å². The highest BCUT2D eigenvalue weighted by molar-refractivity contribution is 7.99. The molecule has 0 aromatic rings. The Morgan fingerprint density at radius 3 is 2.33 bits per heavy atom. The van der Waals surface area contributed by atoms with E-state index in [1.807, 2.05) is 0 Å². The van der Waals surface area contributed by atoms with Gasteiger partial charge >= 0.3 is 0 Å². The van der Waals surface area contributed by atoms with E-state index in [9.17, 15) is 0 Å². The summed E-state index contributed by atoms with van der Waals surface area (Å²) >= 11 is 2.07. The lowest BCUT2D eigenvalue weighted by Gasteiger charge is -2.20. The second-order valence-electron chi connectivity index (χ2n) is 2.73. The second kappa shape index (κ2) is 3.31. The lowest BCUT2D eigenvalue weighted by molar-refractivity contribution is 0.570. The highest BCUT2D eigenvalue weighted by Gasteiger charge is 2.12. The molecule has 0 unspecified atom stereocenters. The van der Waals surface area contributed by atoms with Crippen molar-refractivity contribution in [2.75, 3.05) is 11.5 Å². The molecule has 0 spiro atoms. The van der Waals surface area contributed by atoms with Crippen LogP contribution in [0.25, 0.3) is 0 Å². The zero-order valence-electron chi connectivity index (χ0n) is 6.02. The SMILES string of the molecule is C=C(C)C1CCSCC1. The van der Waals surface area contributed by atoms with Crippen molar-refractivity contribution < 1.29 is 0 Å². The molecule has 0 atom stereocenters. The van der Waals surface area contributed by atoms with Gasteiger partial charge in [-0.05, 0) is 37.2 Å². The molecule has 0 aliphatic carbocycles. The molecule has 9 heavy (non-hydrogen) atoms. The molecule has 1 rings (SSSR count). The van der Waals surface area contributed by atoms with Gasteiger partial charge in [0.1, 0.15) is 0 Å². The summed E-state index contributed by atoms with van der Waals surface area (Å²) < 4.78 is 0. The molecule has 0 nitrogen and oxygen atoms in total. The Kier molecular flexibility index (Phi) is 2.65. The maximum absolute atomic E-state index is 3.97. The fraction of sp³-hybridized carbons (Fsp3) is 0.750. The van der Waals surface area contributed by atoms with Gasteiger partial charge in [-0.1, -0.05) is 12.2 Å². The summed E-state index contributed by atoms with van der Waals surface area (Å²) in [4.78, 5) is 0. The molecule has 1 fully saturated rings. The standard InChI is InChI=1S/C8H14S/c1-7(2)8-3-5-9-6-4-8/h8H,1,3-6H2,2H3. The zero-order valence-corrected chi connectivity index (χ0v) is 6.84. The quantitative estimate of drug-likeness (QED) is 0.507. The van der Waals surface area contributed by atoms with E-state index in [-0.39, 0.29) is 0 Å². The molecule has 1 heteroatoms. The Morgan fingerprint density at radius 1 is 1.44 bits per heavy atom. The Bertz CT molecular complexity index is 101. The third-order valence-corrected chi connectivity index (χ3v) is 2.97. The van der Waals surface area contributed by atoms with Crippen LogP contribution in [0, 0.1) is 5.92 Å². The summed E-state index contributed by atoms with van der Waals surface area (Å²) in [6, 6.07) is 0. The van der Waals surface area contributed by atoms with Crippen LogP contribution in [-0.2, 0) is 0 Å². The van der Waals surface area contributed by atoms with Gasteiger partial charge < -0.3 is 0 Å². The topological polar surface area (TPSA) is 0 Å². The molecule has 52 valence electrons. The first-order valence-corrected chi connectivity index (χ1v) is 4.69. The van der Waals surface area contributed by atoms with Crippen LogP contribution in [0.1, 0.15) is 19.8 Å². The third-order valence-electron chi connectivity index (χ3n) is 1.92. The molecular formula is C8H14S.